The zero-order chi connectivity index (χ0) is 25.4. The smallest absolute Gasteiger partial charge is 0.222 e. The first-order valence-electron chi connectivity index (χ1n) is 11.3. The predicted octanol–water partition coefficient (Wildman–Crippen LogP) is 6.67. The number of nitrogens with zero attached hydrogens (tertiary/aromatic N) is 4. The second kappa shape index (κ2) is 9.68. The van der Waals surface area contributed by atoms with E-state index in [-0.39, 0.29) is 12.5 Å². The Morgan fingerprint density at radius 3 is 2.67 bits per heavy atom. The van der Waals surface area contributed by atoms with E-state index < -0.39 is 0 Å². The first-order valence-corrected chi connectivity index (χ1v) is 12.0. The summed E-state index contributed by atoms with van der Waals surface area (Å²) in [4.78, 5) is 20.6. The first-order chi connectivity index (χ1) is 17.3. The fourth-order valence-corrected chi connectivity index (χ4v) is 4.74. The number of carbonyl (C=O) groups is 1. The molecule has 2 aromatic carbocycles. The molecule has 5 aromatic rings. The molecule has 0 spiro atoms. The topological polar surface area (TPSA) is 74.0 Å². The molecular weight excluding hydrogens is 497 g/mol. The molecule has 0 unspecified atom stereocenters. The number of aromatic nitrogens is 4. The fourth-order valence-electron chi connectivity index (χ4n) is 4.17. The number of fused-ring (bicyclic) bond motifs is 1. The zero-order valence-electron chi connectivity index (χ0n) is 19.9. The van der Waals surface area contributed by atoms with Crippen LogP contribution < -0.4 is 10.1 Å². The number of imidazole rings is 1. The van der Waals surface area contributed by atoms with Crippen molar-refractivity contribution in [3.05, 3.63) is 94.2 Å². The second-order valence-corrected chi connectivity index (χ2v) is 9.24. The minimum atomic E-state index is -0.166. The number of hydrogen-bond donors (Lipinski definition) is 1. The zero-order valence-corrected chi connectivity index (χ0v) is 21.4. The molecule has 1 amide bonds. The fraction of sp³-hybridized carbons (Fsp3) is 0.148. The van der Waals surface area contributed by atoms with Gasteiger partial charge < -0.3 is 19.2 Å². The van der Waals surface area contributed by atoms with Gasteiger partial charge in [-0.25, -0.2) is 9.97 Å². The summed E-state index contributed by atoms with van der Waals surface area (Å²) in [6, 6.07) is 13.3. The van der Waals surface area contributed by atoms with E-state index >= 15 is 0 Å². The van der Waals surface area contributed by atoms with Gasteiger partial charge in [-0.1, -0.05) is 35.3 Å². The van der Waals surface area contributed by atoms with E-state index in [4.69, 9.17) is 32.9 Å². The number of pyridine rings is 1. The van der Waals surface area contributed by atoms with Crippen molar-refractivity contribution in [2.45, 2.75) is 27.4 Å². The molecule has 3 heterocycles. The number of para-hydroxylation sites is 1. The molecule has 182 valence electrons. The van der Waals surface area contributed by atoms with Crippen molar-refractivity contribution in [1.29, 1.82) is 0 Å². The van der Waals surface area contributed by atoms with Crippen LogP contribution in [0.4, 0.5) is 5.82 Å². The standard InChI is InChI=1S/C27H23Cl2N5O2/c1-16-9-11-34(27(16)32-18(3)35)22-8-7-21(28)20(25(22)29)14-36-24-6-4-5-19-23(33-12-10-30-15-33)13-17(2)31-26(19)24/h4-13,15H,14H2,1-3H3,(H,32,35). The van der Waals surface area contributed by atoms with Gasteiger partial charge >= 0.3 is 0 Å². The number of ether oxygens (including phenoxy) is 1. The molecule has 0 fully saturated rings. The van der Waals surface area contributed by atoms with Crippen LogP contribution in [0, 0.1) is 13.8 Å². The minimum Gasteiger partial charge on any atom is -0.487 e. The van der Waals surface area contributed by atoms with Crippen LogP contribution in [0.2, 0.25) is 10.0 Å². The summed E-state index contributed by atoms with van der Waals surface area (Å²) >= 11 is 13.4. The molecule has 3 aromatic heterocycles. The summed E-state index contributed by atoms with van der Waals surface area (Å²) in [7, 11) is 0. The van der Waals surface area contributed by atoms with Gasteiger partial charge in [0.15, 0.2) is 0 Å². The van der Waals surface area contributed by atoms with Gasteiger partial charge in [-0.3, -0.25) is 4.79 Å². The normalized spacial score (nSPS) is 11.1. The van der Waals surface area contributed by atoms with Crippen molar-refractivity contribution in [2.24, 2.45) is 0 Å². The molecule has 36 heavy (non-hydrogen) atoms. The van der Waals surface area contributed by atoms with Gasteiger partial charge in [-0.2, -0.15) is 0 Å². The van der Waals surface area contributed by atoms with Crippen molar-refractivity contribution in [1.82, 2.24) is 19.1 Å². The number of nitrogens with one attached hydrogen (secondary N) is 1. The average molecular weight is 520 g/mol. The quantitative estimate of drug-likeness (QED) is 0.271. The molecule has 0 radical (unpaired) electrons. The van der Waals surface area contributed by atoms with Crippen molar-refractivity contribution < 1.29 is 9.53 Å². The maximum absolute atomic E-state index is 11.7. The van der Waals surface area contributed by atoms with Crippen LogP contribution in [0.5, 0.6) is 5.75 Å². The molecule has 0 aliphatic rings. The highest BCUT2D eigenvalue weighted by molar-refractivity contribution is 6.37. The van der Waals surface area contributed by atoms with E-state index in [9.17, 15) is 4.79 Å². The monoisotopic (exact) mass is 519 g/mol. The minimum absolute atomic E-state index is 0.135. The maximum atomic E-state index is 11.7. The number of benzene rings is 2. The third-order valence-electron chi connectivity index (χ3n) is 5.87. The lowest BCUT2D eigenvalue weighted by Gasteiger charge is -2.17. The highest BCUT2D eigenvalue weighted by atomic mass is 35.5. The van der Waals surface area contributed by atoms with Crippen molar-refractivity contribution in [3.8, 4) is 17.1 Å². The van der Waals surface area contributed by atoms with Crippen molar-refractivity contribution in [3.63, 3.8) is 0 Å². The maximum Gasteiger partial charge on any atom is 0.222 e. The Labute approximate surface area is 218 Å². The number of aryl methyl sites for hydroxylation is 2. The van der Waals surface area contributed by atoms with Gasteiger partial charge in [0.25, 0.3) is 0 Å². The summed E-state index contributed by atoms with van der Waals surface area (Å²) in [6.45, 7) is 5.47. The van der Waals surface area contributed by atoms with Gasteiger partial charge in [-0.15, -0.1) is 0 Å². The molecule has 5 rings (SSSR count). The Balaban J connectivity index is 1.52. The van der Waals surface area contributed by atoms with Crippen LogP contribution in [0.25, 0.3) is 22.3 Å². The van der Waals surface area contributed by atoms with Gasteiger partial charge in [0.2, 0.25) is 5.91 Å². The predicted molar refractivity (Wildman–Crippen MR) is 143 cm³/mol. The van der Waals surface area contributed by atoms with Crippen LogP contribution in [0.3, 0.4) is 0 Å². The Morgan fingerprint density at radius 2 is 1.92 bits per heavy atom. The van der Waals surface area contributed by atoms with Crippen molar-refractivity contribution >= 4 is 45.8 Å². The summed E-state index contributed by atoms with van der Waals surface area (Å²) in [5.74, 6) is 1.10. The number of anilines is 1. The third-order valence-corrected chi connectivity index (χ3v) is 6.65. The Morgan fingerprint density at radius 1 is 1.08 bits per heavy atom. The van der Waals surface area contributed by atoms with E-state index in [1.54, 1.807) is 18.6 Å². The molecule has 0 aliphatic heterocycles. The largest absolute Gasteiger partial charge is 0.487 e. The van der Waals surface area contributed by atoms with E-state index in [0.29, 0.717) is 32.9 Å². The molecule has 0 bridgehead atoms. The Kier molecular flexibility index (Phi) is 6.43. The van der Waals surface area contributed by atoms with Crippen LogP contribution in [0.1, 0.15) is 23.7 Å². The van der Waals surface area contributed by atoms with Gasteiger partial charge in [0, 0.05) is 47.2 Å². The molecule has 0 aliphatic carbocycles. The van der Waals surface area contributed by atoms with Crippen LogP contribution >= 0.6 is 23.2 Å². The lowest BCUT2D eigenvalue weighted by Crippen LogP contribution is -2.11. The van der Waals surface area contributed by atoms with Crippen LogP contribution in [-0.2, 0) is 11.4 Å². The van der Waals surface area contributed by atoms with Crippen molar-refractivity contribution in [2.75, 3.05) is 5.32 Å². The highest BCUT2D eigenvalue weighted by Crippen LogP contribution is 2.35. The average Bonchev–Trinajstić information content (AvgIpc) is 3.49. The van der Waals surface area contributed by atoms with Gasteiger partial charge in [-0.05, 0) is 49.7 Å². The lowest BCUT2D eigenvalue weighted by atomic mass is 10.1. The number of rotatable bonds is 6. The summed E-state index contributed by atoms with van der Waals surface area (Å²) in [6.07, 6.45) is 7.24. The molecule has 0 saturated heterocycles. The molecule has 9 heteroatoms. The lowest BCUT2D eigenvalue weighted by molar-refractivity contribution is -0.114. The molecule has 1 N–H and O–H groups in total. The highest BCUT2D eigenvalue weighted by Gasteiger charge is 2.18. The van der Waals surface area contributed by atoms with Crippen LogP contribution in [0.15, 0.2) is 67.4 Å². The summed E-state index contributed by atoms with van der Waals surface area (Å²) in [5.41, 5.74) is 4.79. The Bertz CT molecular complexity index is 1590. The van der Waals surface area contributed by atoms with Gasteiger partial charge in [0.05, 0.1) is 22.7 Å². The van der Waals surface area contributed by atoms with Gasteiger partial charge in [0.1, 0.15) is 23.7 Å². The Hall–Kier alpha value is -3.81. The number of hydrogen-bond acceptors (Lipinski definition) is 4. The van der Waals surface area contributed by atoms with E-state index in [1.165, 1.54) is 6.92 Å². The third kappa shape index (κ3) is 4.43. The second-order valence-electron chi connectivity index (χ2n) is 8.45. The van der Waals surface area contributed by atoms with Crippen LogP contribution in [-0.4, -0.2) is 25.0 Å². The number of halogens is 2. The molecule has 0 atom stereocenters. The SMILES string of the molecule is CC(=O)Nc1c(C)ccn1-c1ccc(Cl)c(COc2cccc3c(-n4ccnc4)cc(C)nc23)c1Cl. The number of carbonyl (C=O) groups excluding carboxylic acids is 1. The molecule has 7 nitrogen and oxygen atoms in total. The summed E-state index contributed by atoms with van der Waals surface area (Å²) in [5, 5.41) is 4.72. The van der Waals surface area contributed by atoms with E-state index in [2.05, 4.69) is 10.3 Å². The first kappa shape index (κ1) is 23.9. The number of amides is 1. The van der Waals surface area contributed by atoms with E-state index in [0.717, 1.165) is 27.8 Å². The van der Waals surface area contributed by atoms with E-state index in [1.807, 2.05) is 71.8 Å². The molecular formula is C27H23Cl2N5O2. The molecule has 0 saturated carbocycles. The summed E-state index contributed by atoms with van der Waals surface area (Å²) < 4.78 is 10.0.